The van der Waals surface area contributed by atoms with Crippen molar-refractivity contribution in [1.82, 2.24) is 14.7 Å². The van der Waals surface area contributed by atoms with Crippen molar-refractivity contribution in [2.45, 2.75) is 26.3 Å². The van der Waals surface area contributed by atoms with Crippen molar-refractivity contribution in [3.8, 4) is 0 Å². The van der Waals surface area contributed by atoms with Gasteiger partial charge in [0.25, 0.3) is 0 Å². The highest BCUT2D eigenvalue weighted by molar-refractivity contribution is 7.91. The molecule has 0 radical (unpaired) electrons. The Morgan fingerprint density at radius 3 is 2.55 bits per heavy atom. The van der Waals surface area contributed by atoms with Crippen LogP contribution in [0.4, 0.5) is 0 Å². The minimum Gasteiger partial charge on any atom is -0.338 e. The number of sulfone groups is 1. The van der Waals surface area contributed by atoms with Crippen LogP contribution >= 0.6 is 0 Å². The zero-order valence-corrected chi connectivity index (χ0v) is 12.6. The van der Waals surface area contributed by atoms with Gasteiger partial charge in [-0.25, -0.2) is 8.42 Å². The lowest BCUT2D eigenvalue weighted by Gasteiger charge is -2.40. The Bertz CT molecular complexity index is 644. The maximum absolute atomic E-state index is 12.2. The van der Waals surface area contributed by atoms with E-state index in [1.165, 1.54) is 0 Å². The molecule has 2 saturated heterocycles. The lowest BCUT2D eigenvalue weighted by atomic mass is 10.0. The Balaban J connectivity index is 1.61. The molecule has 2 aliphatic heterocycles. The lowest BCUT2D eigenvalue weighted by molar-refractivity contribution is -0.140. The van der Waals surface area contributed by atoms with Crippen molar-refractivity contribution in [2.75, 3.05) is 24.6 Å². The first kappa shape index (κ1) is 13.6. The predicted molar refractivity (Wildman–Crippen MR) is 74.1 cm³/mol. The molecule has 0 spiro atoms. The van der Waals surface area contributed by atoms with Gasteiger partial charge in [-0.3, -0.25) is 9.48 Å². The van der Waals surface area contributed by atoms with Crippen molar-refractivity contribution >= 4 is 15.7 Å². The molecule has 0 aliphatic carbocycles. The van der Waals surface area contributed by atoms with E-state index in [0.717, 1.165) is 11.4 Å². The quantitative estimate of drug-likeness (QED) is 0.788. The lowest BCUT2D eigenvalue weighted by Crippen LogP contribution is -2.53. The number of aromatic nitrogens is 2. The van der Waals surface area contributed by atoms with Crippen LogP contribution in [-0.4, -0.2) is 53.6 Å². The Labute approximate surface area is 118 Å². The number of amides is 1. The van der Waals surface area contributed by atoms with Crippen molar-refractivity contribution in [2.24, 2.45) is 5.92 Å². The van der Waals surface area contributed by atoms with Crippen LogP contribution in [0.25, 0.3) is 0 Å². The van der Waals surface area contributed by atoms with E-state index in [9.17, 15) is 13.2 Å². The van der Waals surface area contributed by atoms with E-state index >= 15 is 0 Å². The van der Waals surface area contributed by atoms with E-state index < -0.39 is 9.84 Å². The average Bonchev–Trinajstić information content (AvgIpc) is 2.80. The molecule has 0 unspecified atom stereocenters. The number of carbonyl (C=O) groups excluding carboxylic acids is 1. The fraction of sp³-hybridized carbons (Fsp3) is 0.692. The van der Waals surface area contributed by atoms with E-state index in [0.29, 0.717) is 19.5 Å². The summed E-state index contributed by atoms with van der Waals surface area (Å²) in [6.45, 7) is 5.23. The van der Waals surface area contributed by atoms with Gasteiger partial charge in [0.15, 0.2) is 9.84 Å². The van der Waals surface area contributed by atoms with Crippen molar-refractivity contribution in [3.05, 3.63) is 17.5 Å². The monoisotopic (exact) mass is 297 g/mol. The number of carbonyl (C=O) groups is 1. The molecule has 2 fully saturated rings. The standard InChI is InChI=1S/C13H19N3O3S/c1-9-5-10(2)16(14-9)12-6-15(7-12)13(17)11-3-4-20(18,19)8-11/h5,11-12H,3-4,6-8H2,1-2H3/t11-/m0/s1. The van der Waals surface area contributed by atoms with Crippen LogP contribution in [0.5, 0.6) is 0 Å². The molecular formula is C13H19N3O3S. The zero-order valence-electron chi connectivity index (χ0n) is 11.7. The van der Waals surface area contributed by atoms with Gasteiger partial charge >= 0.3 is 0 Å². The second kappa shape index (κ2) is 4.58. The molecule has 0 bridgehead atoms. The van der Waals surface area contributed by atoms with Crippen LogP contribution < -0.4 is 0 Å². The number of aryl methyl sites for hydroxylation is 2. The van der Waals surface area contributed by atoms with Crippen LogP contribution in [0.15, 0.2) is 6.07 Å². The number of hydrogen-bond acceptors (Lipinski definition) is 4. The van der Waals surface area contributed by atoms with Crippen molar-refractivity contribution in [3.63, 3.8) is 0 Å². The molecule has 20 heavy (non-hydrogen) atoms. The first-order valence-electron chi connectivity index (χ1n) is 6.88. The van der Waals surface area contributed by atoms with Gasteiger partial charge in [-0.15, -0.1) is 0 Å². The third-order valence-corrected chi connectivity index (χ3v) is 5.91. The van der Waals surface area contributed by atoms with Gasteiger partial charge < -0.3 is 4.90 Å². The molecule has 1 aromatic heterocycles. The first-order chi connectivity index (χ1) is 9.35. The summed E-state index contributed by atoms with van der Waals surface area (Å²) in [5.74, 6) is -0.171. The van der Waals surface area contributed by atoms with Crippen molar-refractivity contribution < 1.29 is 13.2 Å². The Morgan fingerprint density at radius 2 is 2.05 bits per heavy atom. The van der Waals surface area contributed by atoms with E-state index in [1.807, 2.05) is 24.6 Å². The van der Waals surface area contributed by atoms with Crippen molar-refractivity contribution in [1.29, 1.82) is 0 Å². The van der Waals surface area contributed by atoms with E-state index in [4.69, 9.17) is 0 Å². The summed E-state index contributed by atoms with van der Waals surface area (Å²) in [6.07, 6.45) is 0.474. The minimum atomic E-state index is -2.99. The molecule has 1 amide bonds. The minimum absolute atomic E-state index is 0.0103. The maximum Gasteiger partial charge on any atom is 0.226 e. The van der Waals surface area contributed by atoms with Crippen LogP contribution in [-0.2, 0) is 14.6 Å². The molecule has 0 N–H and O–H groups in total. The SMILES string of the molecule is Cc1cc(C)n(C2CN(C(=O)[C@H]3CCS(=O)(=O)C3)C2)n1. The third-order valence-electron chi connectivity index (χ3n) is 4.15. The summed E-state index contributed by atoms with van der Waals surface area (Å²) in [5, 5.41) is 4.43. The first-order valence-corrected chi connectivity index (χ1v) is 8.70. The molecule has 0 saturated carbocycles. The van der Waals surface area contributed by atoms with Gasteiger partial charge in [-0.05, 0) is 26.3 Å². The van der Waals surface area contributed by atoms with E-state index in [2.05, 4.69) is 5.10 Å². The molecule has 7 heteroatoms. The summed E-state index contributed by atoms with van der Waals surface area (Å²) in [5.41, 5.74) is 2.08. The predicted octanol–water partition coefficient (Wildman–Crippen LogP) is 0.318. The Kier molecular flexibility index (Phi) is 3.12. The van der Waals surface area contributed by atoms with E-state index in [1.54, 1.807) is 4.90 Å². The molecule has 3 rings (SSSR count). The largest absolute Gasteiger partial charge is 0.338 e. The molecule has 2 aliphatic rings. The molecule has 1 atom stereocenters. The average molecular weight is 297 g/mol. The molecular weight excluding hydrogens is 278 g/mol. The summed E-state index contributed by atoms with van der Waals surface area (Å²) >= 11 is 0. The van der Waals surface area contributed by atoms with Gasteiger partial charge in [-0.2, -0.15) is 5.10 Å². The smallest absolute Gasteiger partial charge is 0.226 e. The number of rotatable bonds is 2. The summed E-state index contributed by atoms with van der Waals surface area (Å²) < 4.78 is 24.8. The zero-order chi connectivity index (χ0) is 14.5. The maximum atomic E-state index is 12.2. The molecule has 110 valence electrons. The van der Waals surface area contributed by atoms with Crippen LogP contribution in [0.2, 0.25) is 0 Å². The second-order valence-corrected chi connectivity index (χ2v) is 8.10. The number of hydrogen-bond donors (Lipinski definition) is 0. The highest BCUT2D eigenvalue weighted by Gasteiger charge is 2.40. The van der Waals surface area contributed by atoms with Crippen LogP contribution in [0.3, 0.4) is 0 Å². The molecule has 1 aromatic rings. The highest BCUT2D eigenvalue weighted by Crippen LogP contribution is 2.28. The molecule has 6 nitrogen and oxygen atoms in total. The fourth-order valence-electron chi connectivity index (χ4n) is 3.05. The fourth-order valence-corrected chi connectivity index (χ4v) is 4.79. The third kappa shape index (κ3) is 2.34. The normalized spacial score (nSPS) is 25.7. The Morgan fingerprint density at radius 1 is 1.35 bits per heavy atom. The van der Waals surface area contributed by atoms with Gasteiger partial charge in [-0.1, -0.05) is 0 Å². The summed E-state index contributed by atoms with van der Waals surface area (Å²) in [6, 6.07) is 2.25. The van der Waals surface area contributed by atoms with Gasteiger partial charge in [0.2, 0.25) is 5.91 Å². The Hall–Kier alpha value is -1.37. The van der Waals surface area contributed by atoms with Gasteiger partial charge in [0.05, 0.1) is 29.2 Å². The molecule has 0 aromatic carbocycles. The van der Waals surface area contributed by atoms with Gasteiger partial charge in [0.1, 0.15) is 0 Å². The van der Waals surface area contributed by atoms with Gasteiger partial charge in [0, 0.05) is 18.8 Å². The summed E-state index contributed by atoms with van der Waals surface area (Å²) in [7, 11) is -2.99. The highest BCUT2D eigenvalue weighted by atomic mass is 32.2. The van der Waals surface area contributed by atoms with Crippen LogP contribution in [0.1, 0.15) is 23.9 Å². The van der Waals surface area contributed by atoms with Crippen LogP contribution in [0, 0.1) is 19.8 Å². The number of nitrogens with zero attached hydrogens (tertiary/aromatic N) is 3. The second-order valence-electron chi connectivity index (χ2n) is 5.87. The van der Waals surface area contributed by atoms with E-state index in [-0.39, 0.29) is 29.4 Å². The number of likely N-dealkylation sites (tertiary alicyclic amines) is 1. The topological polar surface area (TPSA) is 72.3 Å². The summed E-state index contributed by atoms with van der Waals surface area (Å²) in [4.78, 5) is 14.0. The molecule has 3 heterocycles.